The predicted molar refractivity (Wildman–Crippen MR) is 97.6 cm³/mol. The van der Waals surface area contributed by atoms with Crippen LogP contribution in [0.3, 0.4) is 0 Å². The first kappa shape index (κ1) is 18.8. The van der Waals surface area contributed by atoms with E-state index >= 15 is 0 Å². The fourth-order valence-corrected chi connectivity index (χ4v) is 3.09. The summed E-state index contributed by atoms with van der Waals surface area (Å²) < 4.78 is 4.59. The fourth-order valence-electron chi connectivity index (χ4n) is 2.92. The molecule has 0 aliphatic carbocycles. The van der Waals surface area contributed by atoms with E-state index in [0.717, 1.165) is 29.6 Å². The van der Waals surface area contributed by atoms with Crippen LogP contribution in [0.2, 0.25) is 5.02 Å². The molecule has 0 saturated carbocycles. The number of anilines is 1. The molecule has 0 aliphatic rings. The molecule has 24 heavy (non-hydrogen) atoms. The summed E-state index contributed by atoms with van der Waals surface area (Å²) in [7, 11) is 0. The molecule has 0 radical (unpaired) electrons. The van der Waals surface area contributed by atoms with Crippen LogP contribution in [0.4, 0.5) is 5.69 Å². The average Bonchev–Trinajstić information content (AvgIpc) is 2.87. The molecule has 1 heterocycles. The molecule has 0 bridgehead atoms. The highest BCUT2D eigenvalue weighted by Gasteiger charge is 2.21. The minimum Gasteiger partial charge on any atom is -1.00 e. The van der Waals surface area contributed by atoms with Gasteiger partial charge in [-0.1, -0.05) is 29.8 Å². The third-order valence-corrected chi connectivity index (χ3v) is 4.20. The predicted octanol–water partition coefficient (Wildman–Crippen LogP) is 1.71. The molecule has 2 aromatic carbocycles. The van der Waals surface area contributed by atoms with Crippen LogP contribution >= 0.6 is 11.6 Å². The van der Waals surface area contributed by atoms with Gasteiger partial charge in [0.15, 0.2) is 11.0 Å². The van der Waals surface area contributed by atoms with Crippen molar-refractivity contribution in [1.29, 1.82) is 0 Å². The monoisotopic (exact) mass is 453 g/mol. The lowest BCUT2D eigenvalue weighted by atomic mass is 10.3. The molecule has 0 amide bonds. The van der Waals surface area contributed by atoms with Gasteiger partial charge in [0.05, 0.1) is 13.1 Å². The topological polar surface area (TPSA) is 20.8 Å². The lowest BCUT2D eigenvalue weighted by Crippen LogP contribution is -3.00. The Balaban J connectivity index is 0.00000208. The van der Waals surface area contributed by atoms with Crippen molar-refractivity contribution in [3.63, 3.8) is 0 Å². The quantitative estimate of drug-likeness (QED) is 0.461. The molecule has 5 heteroatoms. The highest BCUT2D eigenvalue weighted by molar-refractivity contribution is 6.31. The second kappa shape index (κ2) is 8.53. The van der Waals surface area contributed by atoms with Gasteiger partial charge in [-0.25, -0.2) is 9.13 Å². The second-order valence-electron chi connectivity index (χ2n) is 5.32. The van der Waals surface area contributed by atoms with E-state index in [0.29, 0.717) is 0 Å². The standard InChI is InChI=1S/C19H20ClN3.HI/c1-3-22-17-11-10-15(20)14-18(17)23(4-2)19(22)12-13-21-16-8-6-5-7-9-16;/h5-14H,3-4H2,1-2H3;1H. The average molecular weight is 454 g/mol. The second-order valence-corrected chi connectivity index (χ2v) is 5.76. The molecule has 0 spiro atoms. The van der Waals surface area contributed by atoms with Crippen molar-refractivity contribution in [3.05, 3.63) is 65.6 Å². The van der Waals surface area contributed by atoms with Gasteiger partial charge in [-0.15, -0.1) is 0 Å². The molecule has 126 valence electrons. The number of imidazole rings is 1. The Morgan fingerprint density at radius 2 is 1.88 bits per heavy atom. The van der Waals surface area contributed by atoms with Crippen molar-refractivity contribution in [3.8, 4) is 0 Å². The van der Waals surface area contributed by atoms with Crippen LogP contribution in [-0.4, -0.2) is 4.57 Å². The van der Waals surface area contributed by atoms with E-state index in [1.54, 1.807) is 0 Å². The summed E-state index contributed by atoms with van der Waals surface area (Å²) in [6, 6.07) is 16.2. The molecule has 0 saturated heterocycles. The van der Waals surface area contributed by atoms with Crippen LogP contribution in [0.25, 0.3) is 17.1 Å². The molecule has 1 aromatic heterocycles. The zero-order chi connectivity index (χ0) is 16.2. The third kappa shape index (κ3) is 3.75. The Morgan fingerprint density at radius 1 is 1.12 bits per heavy atom. The van der Waals surface area contributed by atoms with Gasteiger partial charge >= 0.3 is 0 Å². The number of hydrogen-bond acceptors (Lipinski definition) is 1. The number of nitrogens with zero attached hydrogens (tertiary/aromatic N) is 2. The molecule has 1 N–H and O–H groups in total. The van der Waals surface area contributed by atoms with Gasteiger partial charge in [-0.2, -0.15) is 0 Å². The van der Waals surface area contributed by atoms with Gasteiger partial charge < -0.3 is 29.3 Å². The maximum Gasteiger partial charge on any atom is 0.283 e. The van der Waals surface area contributed by atoms with E-state index in [4.69, 9.17) is 11.6 Å². The van der Waals surface area contributed by atoms with Crippen molar-refractivity contribution in [2.75, 3.05) is 5.32 Å². The molecule has 3 nitrogen and oxygen atoms in total. The van der Waals surface area contributed by atoms with Gasteiger partial charge in [0.2, 0.25) is 0 Å². The molecular weight excluding hydrogens is 433 g/mol. The molecular formula is C19H21ClIN3. The first-order valence-corrected chi connectivity index (χ1v) is 8.32. The summed E-state index contributed by atoms with van der Waals surface area (Å²) in [6.45, 7) is 6.13. The lowest BCUT2D eigenvalue weighted by Gasteiger charge is -2.00. The SMILES string of the molecule is CCn1c(/C=C/Nc2ccccc2)[n+](CC)c2ccc(Cl)cc21.[I-]. The summed E-state index contributed by atoms with van der Waals surface area (Å²) in [5.74, 6) is 1.16. The van der Waals surface area contributed by atoms with Crippen LogP contribution in [0.1, 0.15) is 19.7 Å². The van der Waals surface area contributed by atoms with Gasteiger partial charge in [0.1, 0.15) is 0 Å². The fraction of sp³-hybridized carbons (Fsp3) is 0.211. The molecule has 3 rings (SSSR count). The molecule has 0 atom stereocenters. The van der Waals surface area contributed by atoms with Crippen LogP contribution in [-0.2, 0) is 13.1 Å². The summed E-state index contributed by atoms with van der Waals surface area (Å²) >= 11 is 6.18. The minimum atomic E-state index is 0. The van der Waals surface area contributed by atoms with Crippen LogP contribution in [0, 0.1) is 0 Å². The normalized spacial score (nSPS) is 11.0. The Morgan fingerprint density at radius 3 is 2.54 bits per heavy atom. The number of aryl methyl sites for hydroxylation is 2. The zero-order valence-corrected chi connectivity index (χ0v) is 16.8. The molecule has 0 aliphatic heterocycles. The number of benzene rings is 2. The summed E-state index contributed by atoms with van der Waals surface area (Å²) in [5.41, 5.74) is 3.45. The number of halogens is 2. The van der Waals surface area contributed by atoms with Gasteiger partial charge in [-0.3, -0.25) is 0 Å². The van der Waals surface area contributed by atoms with E-state index in [1.165, 1.54) is 11.0 Å². The highest BCUT2D eigenvalue weighted by Crippen LogP contribution is 2.20. The van der Waals surface area contributed by atoms with E-state index in [9.17, 15) is 0 Å². The minimum absolute atomic E-state index is 0. The van der Waals surface area contributed by atoms with Crippen LogP contribution in [0.15, 0.2) is 54.7 Å². The van der Waals surface area contributed by atoms with Crippen molar-refractivity contribution < 1.29 is 28.5 Å². The number of fused-ring (bicyclic) bond motifs is 1. The smallest absolute Gasteiger partial charge is 0.283 e. The summed E-state index contributed by atoms with van der Waals surface area (Å²) in [5, 5.41) is 4.09. The van der Waals surface area contributed by atoms with Crippen molar-refractivity contribution in [2.24, 2.45) is 0 Å². The maximum atomic E-state index is 6.18. The Kier molecular flexibility index (Phi) is 6.69. The zero-order valence-electron chi connectivity index (χ0n) is 13.8. The van der Waals surface area contributed by atoms with Gasteiger partial charge in [0.25, 0.3) is 5.82 Å². The number of nitrogens with one attached hydrogen (secondary N) is 1. The van der Waals surface area contributed by atoms with Crippen molar-refractivity contribution in [2.45, 2.75) is 26.9 Å². The van der Waals surface area contributed by atoms with E-state index in [1.807, 2.05) is 48.7 Å². The van der Waals surface area contributed by atoms with Crippen LogP contribution < -0.4 is 33.9 Å². The number of rotatable bonds is 5. The molecule has 0 unspecified atom stereocenters. The third-order valence-electron chi connectivity index (χ3n) is 3.96. The molecule has 0 fully saturated rings. The van der Waals surface area contributed by atoms with E-state index in [-0.39, 0.29) is 24.0 Å². The molecule has 3 aromatic rings. The first-order chi connectivity index (χ1) is 11.2. The Hall–Kier alpha value is -1.53. The van der Waals surface area contributed by atoms with Gasteiger partial charge in [-0.05, 0) is 38.1 Å². The summed E-state index contributed by atoms with van der Waals surface area (Å²) in [4.78, 5) is 0. The summed E-state index contributed by atoms with van der Waals surface area (Å²) in [6.07, 6.45) is 4.11. The number of aromatic nitrogens is 2. The highest BCUT2D eigenvalue weighted by atomic mass is 127. The maximum absolute atomic E-state index is 6.18. The van der Waals surface area contributed by atoms with Crippen molar-refractivity contribution >= 4 is 34.4 Å². The van der Waals surface area contributed by atoms with Crippen molar-refractivity contribution in [1.82, 2.24) is 4.57 Å². The van der Waals surface area contributed by atoms with E-state index < -0.39 is 0 Å². The van der Waals surface area contributed by atoms with Crippen LogP contribution in [0.5, 0.6) is 0 Å². The first-order valence-electron chi connectivity index (χ1n) is 7.94. The number of para-hydroxylation sites is 1. The Bertz CT molecular complexity index is 841. The van der Waals surface area contributed by atoms with E-state index in [2.05, 4.69) is 40.4 Å². The number of hydrogen-bond donors (Lipinski definition) is 1. The van der Waals surface area contributed by atoms with Gasteiger partial charge in [0, 0.05) is 29.1 Å². The Labute approximate surface area is 165 Å². The largest absolute Gasteiger partial charge is 1.00 e. The lowest BCUT2D eigenvalue weighted by molar-refractivity contribution is -0.670.